The Morgan fingerprint density at radius 1 is 0.400 bits per heavy atom. The first-order valence-corrected chi connectivity index (χ1v) is 23.6. The predicted octanol–water partition coefficient (Wildman–Crippen LogP) is 17.5. The first-order valence-electron chi connectivity index (χ1n) is 23.6. The van der Waals surface area contributed by atoms with E-state index in [-0.39, 0.29) is 5.41 Å². The lowest BCUT2D eigenvalue weighted by molar-refractivity contribution is 0.284. The molecule has 0 heterocycles. The summed E-state index contributed by atoms with van der Waals surface area (Å²) in [6.07, 6.45) is 7.69. The van der Waals surface area contributed by atoms with E-state index >= 15 is 0 Å². The Labute approximate surface area is 383 Å². The Balaban J connectivity index is 0.972. The molecular formula is C64H49N. The van der Waals surface area contributed by atoms with Crippen LogP contribution in [0.3, 0.4) is 0 Å². The fourth-order valence-electron chi connectivity index (χ4n) is 12.4. The van der Waals surface area contributed by atoms with Crippen molar-refractivity contribution in [3.8, 4) is 77.9 Å². The third kappa shape index (κ3) is 5.99. The second kappa shape index (κ2) is 15.1. The van der Waals surface area contributed by atoms with E-state index in [9.17, 15) is 0 Å². The summed E-state index contributed by atoms with van der Waals surface area (Å²) in [6.45, 7) is 2.43. The van der Waals surface area contributed by atoms with Crippen molar-refractivity contribution in [3.05, 3.63) is 235 Å². The number of nitrogens with zero attached hydrogens (tertiary/aromatic N) is 1. The third-order valence-electron chi connectivity index (χ3n) is 15.2. The van der Waals surface area contributed by atoms with Crippen LogP contribution >= 0.6 is 0 Å². The van der Waals surface area contributed by atoms with E-state index < -0.39 is 0 Å². The summed E-state index contributed by atoms with van der Waals surface area (Å²) in [5.41, 5.74) is 25.7. The van der Waals surface area contributed by atoms with Gasteiger partial charge in [0.1, 0.15) is 0 Å². The van der Waals surface area contributed by atoms with Gasteiger partial charge in [-0.1, -0.05) is 194 Å². The molecule has 65 heavy (non-hydrogen) atoms. The van der Waals surface area contributed by atoms with Gasteiger partial charge in [0.2, 0.25) is 0 Å². The third-order valence-corrected chi connectivity index (χ3v) is 15.2. The minimum absolute atomic E-state index is 0.0312. The highest BCUT2D eigenvalue weighted by Crippen LogP contribution is 2.61. The van der Waals surface area contributed by atoms with Crippen molar-refractivity contribution < 1.29 is 0 Å². The van der Waals surface area contributed by atoms with Crippen molar-refractivity contribution in [2.75, 3.05) is 4.90 Å². The second-order valence-corrected chi connectivity index (χ2v) is 18.9. The fourth-order valence-corrected chi connectivity index (χ4v) is 12.4. The standard InChI is InChI=1S/C64H49N/c1-42-37-43-35-36-64(47(38-42)39-43)61-25-13-11-24-58(61)59-33-29-46(40-62(59)64)44-27-30-48(31-28-44)65(63-26-14-12-17-50(63)45-15-3-2-4-16-45)49-32-34-57-55-22-8-7-20-53(55)51-18-5-6-19-52(51)54-21-9-10-23-56(54)60(57)41-49/h2-34,38,40-43H,35-37,39H2,1H3. The molecular weight excluding hydrogens is 783 g/mol. The van der Waals surface area contributed by atoms with Gasteiger partial charge in [-0.05, 0) is 157 Å². The molecule has 0 amide bonds. The molecule has 0 N–H and O–H groups in total. The smallest absolute Gasteiger partial charge is 0.0540 e. The molecule has 1 nitrogen and oxygen atoms in total. The Morgan fingerprint density at radius 3 is 1.58 bits per heavy atom. The zero-order chi connectivity index (χ0) is 43.1. The van der Waals surface area contributed by atoms with Crippen LogP contribution in [0.2, 0.25) is 0 Å². The van der Waals surface area contributed by atoms with Gasteiger partial charge in [-0.15, -0.1) is 0 Å². The van der Waals surface area contributed by atoms with Gasteiger partial charge < -0.3 is 4.90 Å². The number of fused-ring (bicyclic) bond motifs is 16. The maximum Gasteiger partial charge on any atom is 0.0540 e. The van der Waals surface area contributed by atoms with E-state index in [0.717, 1.165) is 23.0 Å². The Morgan fingerprint density at radius 2 is 0.908 bits per heavy atom. The summed E-state index contributed by atoms with van der Waals surface area (Å²) in [5, 5.41) is 0. The lowest BCUT2D eigenvalue weighted by Gasteiger charge is -2.45. The van der Waals surface area contributed by atoms with Gasteiger partial charge in [0.25, 0.3) is 0 Å². The van der Waals surface area contributed by atoms with Gasteiger partial charge in [0.05, 0.1) is 5.69 Å². The summed E-state index contributed by atoms with van der Waals surface area (Å²) in [4.78, 5) is 2.47. The van der Waals surface area contributed by atoms with Gasteiger partial charge in [-0.3, -0.25) is 0 Å². The van der Waals surface area contributed by atoms with E-state index in [1.54, 1.807) is 5.57 Å². The molecule has 3 atom stereocenters. The van der Waals surface area contributed by atoms with Crippen LogP contribution in [0.1, 0.15) is 43.7 Å². The molecule has 4 aliphatic rings. The van der Waals surface area contributed by atoms with Crippen LogP contribution < -0.4 is 4.90 Å². The average Bonchev–Trinajstić information content (AvgIpc) is 3.65. The Kier molecular flexibility index (Phi) is 8.81. The van der Waals surface area contributed by atoms with Gasteiger partial charge in [0.15, 0.2) is 0 Å². The minimum Gasteiger partial charge on any atom is -0.310 e. The number of hydrogen-bond donors (Lipinski definition) is 0. The number of hydrogen-bond acceptors (Lipinski definition) is 1. The van der Waals surface area contributed by atoms with Crippen molar-refractivity contribution in [1.82, 2.24) is 0 Å². The first kappa shape index (κ1) is 38.0. The zero-order valence-corrected chi connectivity index (χ0v) is 36.7. The number of anilines is 3. The molecule has 0 aromatic heterocycles. The summed E-state index contributed by atoms with van der Waals surface area (Å²) in [5.74, 6) is 1.44. The fraction of sp³-hybridized carbons (Fsp3) is 0.125. The molecule has 0 aliphatic heterocycles. The Hall–Kier alpha value is -7.48. The van der Waals surface area contributed by atoms with Gasteiger partial charge in [-0.25, -0.2) is 0 Å². The highest BCUT2D eigenvalue weighted by Gasteiger charge is 2.49. The monoisotopic (exact) mass is 831 g/mol. The molecule has 1 saturated carbocycles. The number of allylic oxidation sites excluding steroid dienone is 2. The van der Waals surface area contributed by atoms with Crippen LogP contribution in [0, 0.1) is 11.8 Å². The van der Waals surface area contributed by atoms with Crippen LogP contribution in [-0.4, -0.2) is 0 Å². The summed E-state index contributed by atoms with van der Waals surface area (Å²) in [7, 11) is 0. The van der Waals surface area contributed by atoms with Gasteiger partial charge >= 0.3 is 0 Å². The molecule has 2 bridgehead atoms. The molecule has 1 fully saturated rings. The predicted molar refractivity (Wildman–Crippen MR) is 273 cm³/mol. The van der Waals surface area contributed by atoms with Crippen LogP contribution in [0.25, 0.3) is 77.9 Å². The second-order valence-electron chi connectivity index (χ2n) is 18.9. The normalized spacial score (nSPS) is 18.4. The maximum absolute atomic E-state index is 2.64. The van der Waals surface area contributed by atoms with E-state index in [2.05, 4.69) is 230 Å². The summed E-state index contributed by atoms with van der Waals surface area (Å²) >= 11 is 0. The van der Waals surface area contributed by atoms with E-state index in [0.29, 0.717) is 5.92 Å². The minimum atomic E-state index is -0.0312. The lowest BCUT2D eigenvalue weighted by Crippen LogP contribution is -2.36. The van der Waals surface area contributed by atoms with Crippen molar-refractivity contribution in [3.63, 3.8) is 0 Å². The van der Waals surface area contributed by atoms with Crippen LogP contribution in [-0.2, 0) is 5.41 Å². The largest absolute Gasteiger partial charge is 0.310 e. The van der Waals surface area contributed by atoms with E-state index in [1.807, 2.05) is 0 Å². The first-order chi connectivity index (χ1) is 32.1. The molecule has 9 aromatic rings. The van der Waals surface area contributed by atoms with Crippen molar-refractivity contribution in [2.45, 2.75) is 38.0 Å². The molecule has 3 unspecified atom stereocenters. The van der Waals surface area contributed by atoms with Crippen LogP contribution in [0.15, 0.2) is 224 Å². The average molecular weight is 832 g/mol. The molecule has 0 radical (unpaired) electrons. The summed E-state index contributed by atoms with van der Waals surface area (Å²) < 4.78 is 0. The number of rotatable bonds is 5. The molecule has 310 valence electrons. The lowest BCUT2D eigenvalue weighted by atomic mass is 9.58. The highest BCUT2D eigenvalue weighted by atomic mass is 15.1. The SMILES string of the molecule is CC1C=C2CC(CCC23c2ccccc2-c2ccc(-c4ccc(N(c5ccc6c(c5)-c5ccccc5-c5ccccc5-c5ccccc5-6)c5ccccc5-c5ccccc5)cc4)cc23)C1. The molecule has 0 saturated heterocycles. The van der Waals surface area contributed by atoms with Crippen molar-refractivity contribution in [1.29, 1.82) is 0 Å². The molecule has 1 spiro atoms. The molecule has 9 aromatic carbocycles. The molecule has 4 aliphatic carbocycles. The van der Waals surface area contributed by atoms with Crippen LogP contribution in [0.4, 0.5) is 17.1 Å². The number of benzene rings is 9. The Bertz CT molecular complexity index is 3350. The van der Waals surface area contributed by atoms with Crippen LogP contribution in [0.5, 0.6) is 0 Å². The quantitative estimate of drug-likeness (QED) is 0.156. The molecule has 13 rings (SSSR count). The van der Waals surface area contributed by atoms with Crippen molar-refractivity contribution >= 4 is 17.1 Å². The van der Waals surface area contributed by atoms with E-state index in [1.165, 1.54) is 115 Å². The molecule has 1 heteroatoms. The van der Waals surface area contributed by atoms with E-state index in [4.69, 9.17) is 0 Å². The highest BCUT2D eigenvalue weighted by molar-refractivity contribution is 6.04. The summed E-state index contributed by atoms with van der Waals surface area (Å²) in [6, 6.07) is 79.5. The topological polar surface area (TPSA) is 3.24 Å². The van der Waals surface area contributed by atoms with Gasteiger partial charge in [-0.2, -0.15) is 0 Å². The van der Waals surface area contributed by atoms with Gasteiger partial charge in [0, 0.05) is 22.4 Å². The van der Waals surface area contributed by atoms with Crippen molar-refractivity contribution in [2.24, 2.45) is 11.8 Å². The maximum atomic E-state index is 2.64. The number of para-hydroxylation sites is 1. The zero-order valence-electron chi connectivity index (χ0n) is 36.7.